The molecule has 1 aromatic heterocycles. The molecular formula is C11H12BrNO3S. The van der Waals surface area contributed by atoms with Crippen molar-refractivity contribution >= 4 is 39.1 Å². The second-order valence-corrected chi connectivity index (χ2v) is 6.19. The second kappa shape index (κ2) is 4.42. The number of amides is 1. The van der Waals surface area contributed by atoms with Gasteiger partial charge in [-0.1, -0.05) is 0 Å². The highest BCUT2D eigenvalue weighted by Crippen LogP contribution is 2.47. The van der Waals surface area contributed by atoms with Crippen molar-refractivity contribution in [3.05, 3.63) is 20.8 Å². The van der Waals surface area contributed by atoms with Crippen molar-refractivity contribution in [1.29, 1.82) is 0 Å². The lowest BCUT2D eigenvalue weighted by atomic mass is 10.1. The topological polar surface area (TPSA) is 57.6 Å². The SMILES string of the molecule is CN(Cc1cc(Br)cs1)C(=O)C1(C(=O)O)CC1. The van der Waals surface area contributed by atoms with E-state index in [4.69, 9.17) is 5.11 Å². The molecule has 1 fully saturated rings. The molecule has 1 aromatic rings. The fraction of sp³-hybridized carbons (Fsp3) is 0.455. The van der Waals surface area contributed by atoms with E-state index in [1.807, 2.05) is 11.4 Å². The van der Waals surface area contributed by atoms with Crippen LogP contribution in [0.15, 0.2) is 15.9 Å². The average molecular weight is 318 g/mol. The van der Waals surface area contributed by atoms with Crippen LogP contribution < -0.4 is 0 Å². The molecule has 92 valence electrons. The first-order valence-electron chi connectivity index (χ1n) is 5.17. The lowest BCUT2D eigenvalue weighted by Crippen LogP contribution is -2.37. The summed E-state index contributed by atoms with van der Waals surface area (Å²) in [6.07, 6.45) is 0.916. The monoisotopic (exact) mass is 317 g/mol. The van der Waals surface area contributed by atoms with E-state index in [1.54, 1.807) is 18.4 Å². The van der Waals surface area contributed by atoms with Crippen LogP contribution in [-0.4, -0.2) is 28.9 Å². The number of hydrogen-bond acceptors (Lipinski definition) is 3. The highest BCUT2D eigenvalue weighted by Gasteiger charge is 2.58. The zero-order valence-electron chi connectivity index (χ0n) is 9.27. The molecule has 0 aromatic carbocycles. The molecule has 0 spiro atoms. The summed E-state index contributed by atoms with van der Waals surface area (Å²) in [7, 11) is 1.65. The molecule has 0 atom stereocenters. The first kappa shape index (κ1) is 12.6. The normalized spacial score (nSPS) is 16.6. The Kier molecular flexibility index (Phi) is 3.27. The van der Waals surface area contributed by atoms with Crippen molar-refractivity contribution in [3.8, 4) is 0 Å². The molecule has 6 heteroatoms. The van der Waals surface area contributed by atoms with Crippen molar-refractivity contribution < 1.29 is 14.7 Å². The molecule has 1 aliphatic carbocycles. The van der Waals surface area contributed by atoms with Gasteiger partial charge < -0.3 is 10.0 Å². The van der Waals surface area contributed by atoms with Gasteiger partial charge >= 0.3 is 5.97 Å². The zero-order valence-corrected chi connectivity index (χ0v) is 11.7. The Morgan fingerprint density at radius 3 is 2.65 bits per heavy atom. The fourth-order valence-corrected chi connectivity index (χ4v) is 3.26. The molecule has 17 heavy (non-hydrogen) atoms. The van der Waals surface area contributed by atoms with Crippen LogP contribution in [0.5, 0.6) is 0 Å². The predicted octanol–water partition coefficient (Wildman–Crippen LogP) is 2.33. The Morgan fingerprint density at radius 1 is 1.59 bits per heavy atom. The predicted molar refractivity (Wildman–Crippen MR) is 67.8 cm³/mol. The Bertz CT molecular complexity index is 467. The minimum Gasteiger partial charge on any atom is -0.480 e. The van der Waals surface area contributed by atoms with Gasteiger partial charge in [-0.25, -0.2) is 0 Å². The lowest BCUT2D eigenvalue weighted by molar-refractivity contribution is -0.153. The van der Waals surface area contributed by atoms with E-state index < -0.39 is 11.4 Å². The van der Waals surface area contributed by atoms with E-state index >= 15 is 0 Å². The van der Waals surface area contributed by atoms with Crippen molar-refractivity contribution in [2.75, 3.05) is 7.05 Å². The summed E-state index contributed by atoms with van der Waals surface area (Å²) < 4.78 is 0.984. The number of aliphatic carboxylic acids is 1. The Hall–Kier alpha value is -0.880. The van der Waals surface area contributed by atoms with Crippen LogP contribution in [0.1, 0.15) is 17.7 Å². The van der Waals surface area contributed by atoms with Gasteiger partial charge in [-0.3, -0.25) is 9.59 Å². The maximum atomic E-state index is 12.0. The zero-order chi connectivity index (χ0) is 12.6. The largest absolute Gasteiger partial charge is 0.480 e. The minimum absolute atomic E-state index is 0.283. The highest BCUT2D eigenvalue weighted by molar-refractivity contribution is 9.10. The second-order valence-electron chi connectivity index (χ2n) is 4.28. The third kappa shape index (κ3) is 2.37. The number of carbonyl (C=O) groups is 2. The van der Waals surface area contributed by atoms with Crippen molar-refractivity contribution in [2.45, 2.75) is 19.4 Å². The minimum atomic E-state index is -1.14. The molecule has 0 saturated heterocycles. The van der Waals surface area contributed by atoms with Gasteiger partial charge in [-0.15, -0.1) is 11.3 Å². The van der Waals surface area contributed by atoms with Crippen molar-refractivity contribution in [3.63, 3.8) is 0 Å². The van der Waals surface area contributed by atoms with Gasteiger partial charge in [0.2, 0.25) is 5.91 Å². The lowest BCUT2D eigenvalue weighted by Gasteiger charge is -2.20. The first-order chi connectivity index (χ1) is 7.95. The van der Waals surface area contributed by atoms with E-state index in [2.05, 4.69) is 15.9 Å². The molecule has 1 N–H and O–H groups in total. The molecule has 1 heterocycles. The molecule has 0 radical (unpaired) electrons. The molecule has 0 unspecified atom stereocenters. The number of rotatable bonds is 4. The quantitative estimate of drug-likeness (QED) is 0.867. The molecule has 1 aliphatic rings. The summed E-state index contributed by atoms with van der Waals surface area (Å²) in [5.74, 6) is -1.28. The number of nitrogens with zero attached hydrogens (tertiary/aromatic N) is 1. The summed E-state index contributed by atoms with van der Waals surface area (Å²) in [5.41, 5.74) is -1.14. The molecule has 0 aliphatic heterocycles. The summed E-state index contributed by atoms with van der Waals surface area (Å²) >= 11 is 4.89. The highest BCUT2D eigenvalue weighted by atomic mass is 79.9. The van der Waals surface area contributed by atoms with Gasteiger partial charge in [0.1, 0.15) is 5.41 Å². The Morgan fingerprint density at radius 2 is 2.24 bits per heavy atom. The van der Waals surface area contributed by atoms with Gasteiger partial charge in [0.15, 0.2) is 0 Å². The van der Waals surface area contributed by atoms with Gasteiger partial charge in [0.25, 0.3) is 0 Å². The van der Waals surface area contributed by atoms with E-state index in [0.717, 1.165) is 9.35 Å². The first-order valence-corrected chi connectivity index (χ1v) is 6.85. The molecule has 0 bridgehead atoms. The maximum absolute atomic E-state index is 12.0. The van der Waals surface area contributed by atoms with Gasteiger partial charge in [0, 0.05) is 21.8 Å². The molecule has 4 nitrogen and oxygen atoms in total. The number of carbonyl (C=O) groups excluding carboxylic acids is 1. The molecular weight excluding hydrogens is 306 g/mol. The molecule has 1 saturated carbocycles. The van der Waals surface area contributed by atoms with Crippen LogP contribution in [0.25, 0.3) is 0 Å². The third-order valence-corrected chi connectivity index (χ3v) is 4.61. The number of thiophene rings is 1. The van der Waals surface area contributed by atoms with Crippen LogP contribution in [-0.2, 0) is 16.1 Å². The van der Waals surface area contributed by atoms with E-state index in [0.29, 0.717) is 19.4 Å². The number of carboxylic acid groups (broad SMARTS) is 1. The van der Waals surface area contributed by atoms with Gasteiger partial charge in [-0.05, 0) is 34.8 Å². The van der Waals surface area contributed by atoms with E-state index in [1.165, 1.54) is 4.90 Å². The van der Waals surface area contributed by atoms with Crippen LogP contribution >= 0.6 is 27.3 Å². The van der Waals surface area contributed by atoms with Crippen LogP contribution in [0, 0.1) is 5.41 Å². The van der Waals surface area contributed by atoms with Crippen LogP contribution in [0.4, 0.5) is 0 Å². The van der Waals surface area contributed by atoms with Crippen molar-refractivity contribution in [2.24, 2.45) is 5.41 Å². The molecule has 2 rings (SSSR count). The summed E-state index contributed by atoms with van der Waals surface area (Å²) in [5, 5.41) is 11.0. The Labute approximate surface area is 111 Å². The molecule has 1 amide bonds. The summed E-state index contributed by atoms with van der Waals surface area (Å²) in [4.78, 5) is 25.6. The smallest absolute Gasteiger partial charge is 0.319 e. The summed E-state index contributed by atoms with van der Waals surface area (Å²) in [6.45, 7) is 0.462. The van der Waals surface area contributed by atoms with Gasteiger partial charge in [0.05, 0.1) is 6.54 Å². The third-order valence-electron chi connectivity index (χ3n) is 2.93. The van der Waals surface area contributed by atoms with Crippen LogP contribution in [0.2, 0.25) is 0 Å². The summed E-state index contributed by atoms with van der Waals surface area (Å²) in [6, 6.07) is 1.94. The fourth-order valence-electron chi connectivity index (χ4n) is 1.75. The van der Waals surface area contributed by atoms with Crippen molar-refractivity contribution in [1.82, 2.24) is 4.90 Å². The van der Waals surface area contributed by atoms with Crippen LogP contribution in [0.3, 0.4) is 0 Å². The van der Waals surface area contributed by atoms with E-state index in [9.17, 15) is 9.59 Å². The Balaban J connectivity index is 2.03. The number of carboxylic acids is 1. The maximum Gasteiger partial charge on any atom is 0.319 e. The standard InChI is InChI=1S/C11H12BrNO3S/c1-13(5-8-4-7(12)6-17-8)9(14)11(2-3-11)10(15)16/h4,6H,2-3,5H2,1H3,(H,15,16). The van der Waals surface area contributed by atoms with Gasteiger partial charge in [-0.2, -0.15) is 0 Å². The van der Waals surface area contributed by atoms with E-state index in [-0.39, 0.29) is 5.91 Å². The average Bonchev–Trinajstić information content (AvgIpc) is 2.98. The number of hydrogen-bond donors (Lipinski definition) is 1. The number of halogens is 1.